The molecule has 2 unspecified atom stereocenters. The molecule has 21 heavy (non-hydrogen) atoms. The van der Waals surface area contributed by atoms with Gasteiger partial charge in [0.1, 0.15) is 6.54 Å². The maximum Gasteiger partial charge on any atom is 0.267 e. The van der Waals surface area contributed by atoms with Gasteiger partial charge in [-0.15, -0.1) is 0 Å². The Morgan fingerprint density at radius 2 is 1.90 bits per heavy atom. The number of aromatic nitrogens is 2. The summed E-state index contributed by atoms with van der Waals surface area (Å²) in [4.78, 5) is 26.2. The van der Waals surface area contributed by atoms with Gasteiger partial charge in [-0.1, -0.05) is 13.8 Å². The first-order valence-electron chi connectivity index (χ1n) is 7.88. The van der Waals surface area contributed by atoms with Gasteiger partial charge < -0.3 is 4.90 Å². The summed E-state index contributed by atoms with van der Waals surface area (Å²) >= 11 is 0. The zero-order valence-corrected chi connectivity index (χ0v) is 12.8. The molecule has 0 aromatic carbocycles. The van der Waals surface area contributed by atoms with Gasteiger partial charge in [0.2, 0.25) is 5.91 Å². The fourth-order valence-corrected chi connectivity index (χ4v) is 3.27. The van der Waals surface area contributed by atoms with E-state index in [1.807, 2.05) is 4.90 Å². The van der Waals surface area contributed by atoms with E-state index >= 15 is 0 Å². The Morgan fingerprint density at radius 3 is 2.52 bits per heavy atom. The number of amides is 1. The molecule has 114 valence electrons. The van der Waals surface area contributed by atoms with Gasteiger partial charge in [-0.3, -0.25) is 9.59 Å². The second-order valence-corrected chi connectivity index (χ2v) is 6.77. The van der Waals surface area contributed by atoms with Crippen LogP contribution in [0.15, 0.2) is 16.9 Å². The van der Waals surface area contributed by atoms with Crippen molar-refractivity contribution < 1.29 is 4.79 Å². The van der Waals surface area contributed by atoms with E-state index in [1.165, 1.54) is 17.2 Å². The van der Waals surface area contributed by atoms with Crippen molar-refractivity contribution in [1.82, 2.24) is 14.7 Å². The molecular formula is C16H23N3O2. The van der Waals surface area contributed by atoms with Crippen LogP contribution in [0.1, 0.15) is 44.7 Å². The lowest BCUT2D eigenvalue weighted by Crippen LogP contribution is -2.45. The van der Waals surface area contributed by atoms with Crippen LogP contribution >= 0.6 is 0 Å². The Bertz CT molecular complexity index is 581. The summed E-state index contributed by atoms with van der Waals surface area (Å²) in [7, 11) is 0. The molecule has 1 aliphatic carbocycles. The number of rotatable bonds is 3. The lowest BCUT2D eigenvalue weighted by Gasteiger charge is -2.35. The summed E-state index contributed by atoms with van der Waals surface area (Å²) < 4.78 is 1.33. The molecule has 0 radical (unpaired) electrons. The topological polar surface area (TPSA) is 55.2 Å². The van der Waals surface area contributed by atoms with Crippen LogP contribution in [-0.2, 0) is 11.3 Å². The van der Waals surface area contributed by atoms with E-state index < -0.39 is 0 Å². The molecule has 2 atom stereocenters. The summed E-state index contributed by atoms with van der Waals surface area (Å²) in [6.07, 6.45) is 3.44. The molecule has 1 amide bonds. The van der Waals surface area contributed by atoms with Gasteiger partial charge in [-0.25, -0.2) is 4.68 Å². The smallest absolute Gasteiger partial charge is 0.267 e. The average molecular weight is 289 g/mol. The Hall–Kier alpha value is -1.65. The molecule has 1 saturated carbocycles. The van der Waals surface area contributed by atoms with Crippen molar-refractivity contribution in [2.24, 2.45) is 11.8 Å². The van der Waals surface area contributed by atoms with Crippen molar-refractivity contribution in [3.63, 3.8) is 0 Å². The number of carbonyl (C=O) groups is 1. The van der Waals surface area contributed by atoms with Crippen LogP contribution in [0.4, 0.5) is 0 Å². The van der Waals surface area contributed by atoms with Gasteiger partial charge in [0, 0.05) is 25.1 Å². The van der Waals surface area contributed by atoms with E-state index in [0.29, 0.717) is 17.8 Å². The van der Waals surface area contributed by atoms with Crippen LogP contribution in [0.3, 0.4) is 0 Å². The lowest BCUT2D eigenvalue weighted by molar-refractivity contribution is -0.134. The summed E-state index contributed by atoms with van der Waals surface area (Å²) in [6, 6.07) is 3.33. The van der Waals surface area contributed by atoms with Gasteiger partial charge >= 0.3 is 0 Å². The molecule has 5 nitrogen and oxygen atoms in total. The van der Waals surface area contributed by atoms with Gasteiger partial charge in [-0.2, -0.15) is 5.10 Å². The van der Waals surface area contributed by atoms with Crippen molar-refractivity contribution in [3.8, 4) is 0 Å². The van der Waals surface area contributed by atoms with E-state index in [9.17, 15) is 9.59 Å². The second kappa shape index (κ2) is 5.62. The van der Waals surface area contributed by atoms with Crippen LogP contribution in [0, 0.1) is 11.8 Å². The van der Waals surface area contributed by atoms with Crippen LogP contribution in [0.5, 0.6) is 0 Å². The van der Waals surface area contributed by atoms with Crippen LogP contribution < -0.4 is 5.56 Å². The highest BCUT2D eigenvalue weighted by Gasteiger charge is 2.27. The standard InChI is InChI=1S/C16H23N3O2/c1-11-7-12(2)9-18(8-11)16(21)10-19-15(20)6-5-14(17-19)13-3-4-13/h5-6,11-13H,3-4,7-10H2,1-2H3. The average Bonchev–Trinajstić information content (AvgIpc) is 3.24. The predicted octanol–water partition coefficient (Wildman–Crippen LogP) is 1.63. The maximum atomic E-state index is 12.4. The molecule has 1 aromatic rings. The molecule has 0 spiro atoms. The highest BCUT2D eigenvalue weighted by Crippen LogP contribution is 2.38. The van der Waals surface area contributed by atoms with E-state index in [2.05, 4.69) is 18.9 Å². The van der Waals surface area contributed by atoms with Gasteiger partial charge in [0.05, 0.1) is 5.69 Å². The molecular weight excluding hydrogens is 266 g/mol. The SMILES string of the molecule is CC1CC(C)CN(C(=O)Cn2nc(C3CC3)ccc2=O)C1. The van der Waals surface area contributed by atoms with E-state index in [0.717, 1.165) is 31.6 Å². The number of carbonyl (C=O) groups excluding carboxylic acids is 1. The van der Waals surface area contributed by atoms with E-state index in [1.54, 1.807) is 6.07 Å². The number of hydrogen-bond donors (Lipinski definition) is 0. The molecule has 2 fully saturated rings. The van der Waals surface area contributed by atoms with E-state index in [4.69, 9.17) is 0 Å². The molecule has 0 N–H and O–H groups in total. The Labute approximate surface area is 124 Å². The highest BCUT2D eigenvalue weighted by atomic mass is 16.2. The second-order valence-electron chi connectivity index (χ2n) is 6.77. The summed E-state index contributed by atoms with van der Waals surface area (Å²) in [5.41, 5.74) is 0.758. The third kappa shape index (κ3) is 3.34. The summed E-state index contributed by atoms with van der Waals surface area (Å²) in [5.74, 6) is 1.55. The molecule has 1 aliphatic heterocycles. The van der Waals surface area contributed by atoms with Crippen molar-refractivity contribution >= 4 is 5.91 Å². The van der Waals surface area contributed by atoms with Crippen LogP contribution in [0.25, 0.3) is 0 Å². The summed E-state index contributed by atoms with van der Waals surface area (Å²) in [6.45, 7) is 6.00. The Balaban J connectivity index is 1.72. The minimum absolute atomic E-state index is 0.0101. The normalized spacial score (nSPS) is 25.9. The third-order valence-electron chi connectivity index (χ3n) is 4.39. The predicted molar refractivity (Wildman–Crippen MR) is 80.0 cm³/mol. The molecule has 2 aliphatic rings. The number of hydrogen-bond acceptors (Lipinski definition) is 3. The lowest BCUT2D eigenvalue weighted by atomic mass is 9.92. The molecule has 0 bridgehead atoms. The molecule has 5 heteroatoms. The van der Waals surface area contributed by atoms with Crippen LogP contribution in [0.2, 0.25) is 0 Å². The van der Waals surface area contributed by atoms with Crippen molar-refractivity contribution in [1.29, 1.82) is 0 Å². The number of nitrogens with zero attached hydrogens (tertiary/aromatic N) is 3. The largest absolute Gasteiger partial charge is 0.341 e. The fourth-order valence-electron chi connectivity index (χ4n) is 3.27. The first-order chi connectivity index (χ1) is 10.0. The quantitative estimate of drug-likeness (QED) is 0.849. The van der Waals surface area contributed by atoms with Gasteiger partial charge in [0.15, 0.2) is 0 Å². The monoisotopic (exact) mass is 289 g/mol. The zero-order chi connectivity index (χ0) is 15.0. The molecule has 1 aromatic heterocycles. The fraction of sp³-hybridized carbons (Fsp3) is 0.688. The molecule has 1 saturated heterocycles. The van der Waals surface area contributed by atoms with Gasteiger partial charge in [0.25, 0.3) is 5.56 Å². The summed E-state index contributed by atoms with van der Waals surface area (Å²) in [5, 5.41) is 4.36. The maximum absolute atomic E-state index is 12.4. The van der Waals surface area contributed by atoms with Crippen LogP contribution in [-0.4, -0.2) is 33.7 Å². The Morgan fingerprint density at radius 1 is 1.24 bits per heavy atom. The van der Waals surface area contributed by atoms with Crippen molar-refractivity contribution in [2.45, 2.75) is 45.6 Å². The Kier molecular flexibility index (Phi) is 3.83. The highest BCUT2D eigenvalue weighted by molar-refractivity contribution is 5.76. The first kappa shape index (κ1) is 14.3. The molecule has 2 heterocycles. The van der Waals surface area contributed by atoms with Gasteiger partial charge in [-0.05, 0) is 37.2 Å². The molecule has 3 rings (SSSR count). The number of likely N-dealkylation sites (tertiary alicyclic amines) is 1. The van der Waals surface area contributed by atoms with Crippen molar-refractivity contribution in [2.75, 3.05) is 13.1 Å². The first-order valence-corrected chi connectivity index (χ1v) is 7.88. The minimum Gasteiger partial charge on any atom is -0.341 e. The number of piperidine rings is 1. The third-order valence-corrected chi connectivity index (χ3v) is 4.39. The van der Waals surface area contributed by atoms with Crippen molar-refractivity contribution in [3.05, 3.63) is 28.2 Å². The minimum atomic E-state index is -0.189. The zero-order valence-electron chi connectivity index (χ0n) is 12.8. The van der Waals surface area contributed by atoms with E-state index in [-0.39, 0.29) is 18.0 Å².